The lowest BCUT2D eigenvalue weighted by Crippen LogP contribution is -2.01. The Labute approximate surface area is 156 Å². The zero-order valence-electron chi connectivity index (χ0n) is 14.3. The van der Waals surface area contributed by atoms with Crippen LogP contribution in [0.3, 0.4) is 0 Å². The fourth-order valence-electron chi connectivity index (χ4n) is 2.67. The van der Waals surface area contributed by atoms with Gasteiger partial charge in [-0.05, 0) is 36.4 Å². The first-order valence-electron chi connectivity index (χ1n) is 7.79. The molecule has 3 rings (SSSR count). The number of benzene rings is 2. The summed E-state index contributed by atoms with van der Waals surface area (Å²) in [5.41, 5.74) is 2.95. The highest BCUT2D eigenvalue weighted by atomic mass is 32.3. The molecule has 0 N–H and O–H groups in total. The molecule has 0 aliphatic carbocycles. The van der Waals surface area contributed by atoms with Crippen LogP contribution in [0.5, 0.6) is 11.5 Å². The third-order valence-corrected chi connectivity index (χ3v) is 4.16. The second-order valence-corrected chi connectivity index (χ2v) is 6.46. The number of nitrogens with zero attached hydrogens (tertiary/aromatic N) is 2. The highest BCUT2D eigenvalue weighted by Gasteiger charge is 2.16. The van der Waals surface area contributed by atoms with Crippen LogP contribution in [-0.4, -0.2) is 25.1 Å². The van der Waals surface area contributed by atoms with Gasteiger partial charge in [-0.25, -0.2) is 4.98 Å². The second-order valence-electron chi connectivity index (χ2n) is 5.51. The van der Waals surface area contributed by atoms with E-state index in [0.29, 0.717) is 23.6 Å². The van der Waals surface area contributed by atoms with E-state index in [1.165, 1.54) is 12.1 Å². The number of hydrogen-bond acceptors (Lipinski definition) is 5. The lowest BCUT2D eigenvalue weighted by Gasteiger charge is -2.10. The third kappa shape index (κ3) is 4.27. The molecule has 0 aliphatic heterocycles. The van der Waals surface area contributed by atoms with E-state index >= 15 is 0 Å². The van der Waals surface area contributed by atoms with Crippen LogP contribution in [-0.2, 0) is 17.0 Å². The highest BCUT2D eigenvalue weighted by Crippen LogP contribution is 2.33. The number of terminal acetylenes is 1. The lowest BCUT2D eigenvalue weighted by atomic mass is 10.0. The van der Waals surface area contributed by atoms with E-state index in [9.17, 15) is 12.3 Å². The van der Waals surface area contributed by atoms with E-state index in [1.54, 1.807) is 30.1 Å². The minimum Gasteiger partial charge on any atom is -0.497 e. The van der Waals surface area contributed by atoms with Crippen molar-refractivity contribution in [3.63, 3.8) is 0 Å². The normalized spacial score (nSPS) is 11.0. The number of aromatic nitrogens is 2. The molecule has 6 nitrogen and oxygen atoms in total. The quantitative estimate of drug-likeness (QED) is 0.479. The maximum atomic E-state index is 12.7. The molecule has 0 atom stereocenters. The summed E-state index contributed by atoms with van der Waals surface area (Å²) < 4.78 is 45.2. The largest absolute Gasteiger partial charge is 0.497 e. The first kappa shape index (κ1) is 18.5. The summed E-state index contributed by atoms with van der Waals surface area (Å²) in [5.74, 6) is 3.12. The molecular formula is C19H15FN2O4S. The number of halogens is 1. The fourth-order valence-corrected chi connectivity index (χ4v) is 3.01. The standard InChI is InChI=1S/C19H15FN2O4S/c1-3-11-22-13-21-18(15-5-4-6-17(12-15)25-2)19(22)14-7-9-16(10-8-14)26-27(20,23)24/h1,4-10,12-13H,11H2,2H3. The van der Waals surface area contributed by atoms with Gasteiger partial charge in [0.05, 0.1) is 31.4 Å². The Kier molecular flexibility index (Phi) is 5.14. The molecule has 8 heteroatoms. The molecule has 0 spiro atoms. The molecule has 0 unspecified atom stereocenters. The van der Waals surface area contributed by atoms with E-state index in [2.05, 4.69) is 15.1 Å². The van der Waals surface area contributed by atoms with Crippen molar-refractivity contribution in [2.24, 2.45) is 0 Å². The SMILES string of the molecule is C#CCn1cnc(-c2cccc(OC)c2)c1-c1ccc(OS(=O)(=O)F)cc1. The Morgan fingerprint density at radius 1 is 1.15 bits per heavy atom. The molecule has 0 saturated heterocycles. The summed E-state index contributed by atoms with van der Waals surface area (Å²) in [6, 6.07) is 13.3. The van der Waals surface area contributed by atoms with Crippen molar-refractivity contribution >= 4 is 10.5 Å². The zero-order valence-corrected chi connectivity index (χ0v) is 15.1. The molecule has 138 valence electrons. The lowest BCUT2D eigenvalue weighted by molar-refractivity contribution is 0.415. The molecule has 1 aromatic heterocycles. The van der Waals surface area contributed by atoms with Gasteiger partial charge in [-0.3, -0.25) is 0 Å². The summed E-state index contributed by atoms with van der Waals surface area (Å²) in [4.78, 5) is 4.46. The van der Waals surface area contributed by atoms with Crippen LogP contribution in [0.4, 0.5) is 3.89 Å². The fraction of sp³-hybridized carbons (Fsp3) is 0.105. The minimum atomic E-state index is -5.08. The van der Waals surface area contributed by atoms with E-state index in [1.807, 2.05) is 24.3 Å². The van der Waals surface area contributed by atoms with Crippen molar-refractivity contribution in [3.8, 4) is 46.4 Å². The summed E-state index contributed by atoms with van der Waals surface area (Å²) >= 11 is 0. The number of rotatable bonds is 6. The van der Waals surface area contributed by atoms with E-state index in [-0.39, 0.29) is 5.75 Å². The molecule has 0 saturated carbocycles. The summed E-state index contributed by atoms with van der Waals surface area (Å²) in [7, 11) is -3.50. The Hall–Kier alpha value is -3.31. The molecule has 2 aromatic carbocycles. The van der Waals surface area contributed by atoms with Crippen molar-refractivity contribution in [3.05, 3.63) is 54.9 Å². The highest BCUT2D eigenvalue weighted by molar-refractivity contribution is 7.81. The molecule has 0 radical (unpaired) electrons. The Morgan fingerprint density at radius 2 is 1.89 bits per heavy atom. The smallest absolute Gasteiger partial charge is 0.488 e. The number of imidazole rings is 1. The van der Waals surface area contributed by atoms with Crippen molar-refractivity contribution in [2.45, 2.75) is 6.54 Å². The van der Waals surface area contributed by atoms with Crippen LogP contribution < -0.4 is 8.92 Å². The average Bonchev–Trinajstić information content (AvgIpc) is 3.05. The molecule has 0 aliphatic rings. The van der Waals surface area contributed by atoms with Crippen LogP contribution in [0.1, 0.15) is 0 Å². The van der Waals surface area contributed by atoms with Crippen LogP contribution in [0.25, 0.3) is 22.5 Å². The number of methoxy groups -OCH3 is 1. The summed E-state index contributed by atoms with van der Waals surface area (Å²) in [6.45, 7) is 0.295. The van der Waals surface area contributed by atoms with E-state index in [4.69, 9.17) is 11.2 Å². The van der Waals surface area contributed by atoms with Gasteiger partial charge in [-0.2, -0.15) is 8.42 Å². The molecule has 1 heterocycles. The third-order valence-electron chi connectivity index (χ3n) is 3.77. The van der Waals surface area contributed by atoms with Gasteiger partial charge >= 0.3 is 10.5 Å². The van der Waals surface area contributed by atoms with Crippen LogP contribution in [0.2, 0.25) is 0 Å². The van der Waals surface area contributed by atoms with Gasteiger partial charge in [-0.15, -0.1) is 6.42 Å². The first-order chi connectivity index (χ1) is 12.9. The van der Waals surface area contributed by atoms with Crippen molar-refractivity contribution in [2.75, 3.05) is 7.11 Å². The Balaban J connectivity index is 2.08. The maximum Gasteiger partial charge on any atom is 0.488 e. The zero-order chi connectivity index (χ0) is 19.4. The van der Waals surface area contributed by atoms with Crippen LogP contribution >= 0.6 is 0 Å². The second kappa shape index (κ2) is 7.51. The summed E-state index contributed by atoms with van der Waals surface area (Å²) in [6.07, 6.45) is 7.07. The number of ether oxygens (including phenoxy) is 1. The van der Waals surface area contributed by atoms with Gasteiger partial charge in [0.15, 0.2) is 0 Å². The predicted octanol–water partition coefficient (Wildman–Crippen LogP) is 3.45. The van der Waals surface area contributed by atoms with Crippen molar-refractivity contribution in [1.82, 2.24) is 9.55 Å². The summed E-state index contributed by atoms with van der Waals surface area (Å²) in [5, 5.41) is 0. The van der Waals surface area contributed by atoms with Crippen molar-refractivity contribution < 1.29 is 21.2 Å². The van der Waals surface area contributed by atoms with E-state index in [0.717, 1.165) is 11.3 Å². The van der Waals surface area contributed by atoms with Gasteiger partial charge in [-0.1, -0.05) is 21.9 Å². The average molecular weight is 386 g/mol. The molecule has 0 fully saturated rings. The molecule has 0 bridgehead atoms. The molecule has 27 heavy (non-hydrogen) atoms. The van der Waals surface area contributed by atoms with Crippen LogP contribution in [0.15, 0.2) is 54.9 Å². The topological polar surface area (TPSA) is 70.4 Å². The van der Waals surface area contributed by atoms with Gasteiger partial charge in [0, 0.05) is 11.1 Å². The van der Waals surface area contributed by atoms with Crippen LogP contribution in [0, 0.1) is 12.3 Å². The molecule has 3 aromatic rings. The van der Waals surface area contributed by atoms with Gasteiger partial charge < -0.3 is 13.5 Å². The van der Waals surface area contributed by atoms with Gasteiger partial charge in [0.1, 0.15) is 11.5 Å². The van der Waals surface area contributed by atoms with Crippen molar-refractivity contribution in [1.29, 1.82) is 0 Å². The Morgan fingerprint density at radius 3 is 2.52 bits per heavy atom. The predicted molar refractivity (Wildman–Crippen MR) is 99.1 cm³/mol. The Bertz CT molecular complexity index is 1100. The molecule has 0 amide bonds. The molecular weight excluding hydrogens is 371 g/mol. The monoisotopic (exact) mass is 386 g/mol. The first-order valence-corrected chi connectivity index (χ1v) is 9.09. The van der Waals surface area contributed by atoms with Gasteiger partial charge in [0.2, 0.25) is 0 Å². The number of hydrogen-bond donors (Lipinski definition) is 0. The maximum absolute atomic E-state index is 12.7. The van der Waals surface area contributed by atoms with E-state index < -0.39 is 10.5 Å². The van der Waals surface area contributed by atoms with Gasteiger partial charge in [0.25, 0.3) is 0 Å². The minimum absolute atomic E-state index is 0.132.